The first-order chi connectivity index (χ1) is 15.3. The Hall–Kier alpha value is -3.35. The van der Waals surface area contributed by atoms with Gasteiger partial charge in [0.15, 0.2) is 0 Å². The molecule has 0 unspecified atom stereocenters. The molecule has 4 aromatic rings. The summed E-state index contributed by atoms with van der Waals surface area (Å²) in [5, 5.41) is 15.0. The molecule has 6 nitrogen and oxygen atoms in total. The lowest BCUT2D eigenvalue weighted by atomic mass is 10.0. The molecule has 0 spiro atoms. The summed E-state index contributed by atoms with van der Waals surface area (Å²) in [6, 6.07) is 13.6. The lowest BCUT2D eigenvalue weighted by Gasteiger charge is -2.13. The van der Waals surface area contributed by atoms with Gasteiger partial charge in [-0.05, 0) is 53.6 Å². The maximum Gasteiger partial charge on any atom is 0.258 e. The number of fused-ring (bicyclic) bond motifs is 1. The van der Waals surface area contributed by atoms with Gasteiger partial charge in [0, 0.05) is 43.4 Å². The highest BCUT2D eigenvalue weighted by Gasteiger charge is 2.17. The SMILES string of the molecule is Cn1c(=O)c(Cc2ccc(Cl)c(Cl)c2)c(O)c2cc(C(=O)NCc3ccncc3)ccc21. The van der Waals surface area contributed by atoms with Gasteiger partial charge >= 0.3 is 0 Å². The Morgan fingerprint density at radius 3 is 2.50 bits per heavy atom. The Balaban J connectivity index is 1.69. The number of hydrogen-bond donors (Lipinski definition) is 2. The molecule has 4 rings (SSSR count). The summed E-state index contributed by atoms with van der Waals surface area (Å²) in [4.78, 5) is 29.5. The van der Waals surface area contributed by atoms with Crippen LogP contribution < -0.4 is 10.9 Å². The molecule has 2 aromatic heterocycles. The van der Waals surface area contributed by atoms with E-state index in [-0.39, 0.29) is 29.2 Å². The summed E-state index contributed by atoms with van der Waals surface area (Å²) < 4.78 is 1.46. The van der Waals surface area contributed by atoms with E-state index in [2.05, 4.69) is 10.3 Å². The van der Waals surface area contributed by atoms with E-state index in [1.807, 2.05) is 12.1 Å². The molecular formula is C24H19Cl2N3O3. The second kappa shape index (κ2) is 9.02. The number of carbonyl (C=O) groups excluding carboxylic acids is 1. The van der Waals surface area contributed by atoms with E-state index in [1.54, 1.807) is 55.8 Å². The molecule has 0 aliphatic heterocycles. The van der Waals surface area contributed by atoms with Crippen LogP contribution in [0.2, 0.25) is 10.0 Å². The number of rotatable bonds is 5. The van der Waals surface area contributed by atoms with Crippen molar-refractivity contribution in [1.82, 2.24) is 14.9 Å². The van der Waals surface area contributed by atoms with Crippen molar-refractivity contribution >= 4 is 40.0 Å². The van der Waals surface area contributed by atoms with Gasteiger partial charge in [0.1, 0.15) is 5.75 Å². The number of aromatic nitrogens is 2. The maximum absolute atomic E-state index is 12.9. The first-order valence-corrected chi connectivity index (χ1v) is 10.6. The van der Waals surface area contributed by atoms with Crippen LogP contribution in [0.4, 0.5) is 0 Å². The van der Waals surface area contributed by atoms with Crippen molar-refractivity contribution in [3.63, 3.8) is 0 Å². The topological polar surface area (TPSA) is 84.2 Å². The van der Waals surface area contributed by atoms with Crippen molar-refractivity contribution in [2.24, 2.45) is 7.05 Å². The average molecular weight is 468 g/mol. The fraction of sp³-hybridized carbons (Fsp3) is 0.125. The van der Waals surface area contributed by atoms with Crippen LogP contribution in [0.3, 0.4) is 0 Å². The van der Waals surface area contributed by atoms with E-state index >= 15 is 0 Å². The number of hydrogen-bond acceptors (Lipinski definition) is 4. The molecule has 0 radical (unpaired) electrons. The van der Waals surface area contributed by atoms with Gasteiger partial charge in [-0.3, -0.25) is 14.6 Å². The van der Waals surface area contributed by atoms with Crippen LogP contribution in [0.25, 0.3) is 10.9 Å². The second-order valence-electron chi connectivity index (χ2n) is 7.39. The minimum absolute atomic E-state index is 0.155. The van der Waals surface area contributed by atoms with Gasteiger partial charge in [0.05, 0.1) is 21.1 Å². The van der Waals surface area contributed by atoms with E-state index in [4.69, 9.17) is 23.2 Å². The van der Waals surface area contributed by atoms with Crippen LogP contribution in [-0.4, -0.2) is 20.6 Å². The van der Waals surface area contributed by atoms with E-state index in [1.165, 1.54) is 4.57 Å². The summed E-state index contributed by atoms with van der Waals surface area (Å²) in [7, 11) is 1.63. The van der Waals surface area contributed by atoms with Crippen molar-refractivity contribution in [3.8, 4) is 5.75 Å². The van der Waals surface area contributed by atoms with Crippen LogP contribution in [0.5, 0.6) is 5.75 Å². The molecule has 2 N–H and O–H groups in total. The summed E-state index contributed by atoms with van der Waals surface area (Å²) in [6.45, 7) is 0.348. The number of carbonyl (C=O) groups is 1. The molecule has 0 saturated carbocycles. The Morgan fingerprint density at radius 1 is 1.03 bits per heavy atom. The number of halogens is 2. The lowest BCUT2D eigenvalue weighted by molar-refractivity contribution is 0.0951. The van der Waals surface area contributed by atoms with Gasteiger partial charge in [0.2, 0.25) is 0 Å². The fourth-order valence-electron chi connectivity index (χ4n) is 3.53. The first kappa shape index (κ1) is 21.9. The minimum Gasteiger partial charge on any atom is -0.507 e. The van der Waals surface area contributed by atoms with Crippen LogP contribution in [0.1, 0.15) is 27.0 Å². The molecule has 0 saturated heterocycles. The normalized spacial score (nSPS) is 11.0. The molecule has 2 heterocycles. The Kier molecular flexibility index (Phi) is 6.17. The van der Waals surface area contributed by atoms with Crippen molar-refractivity contribution in [2.45, 2.75) is 13.0 Å². The third-order valence-electron chi connectivity index (χ3n) is 5.29. The highest BCUT2D eigenvalue weighted by molar-refractivity contribution is 6.42. The summed E-state index contributed by atoms with van der Waals surface area (Å²) >= 11 is 12.1. The van der Waals surface area contributed by atoms with Gasteiger partial charge in [0.25, 0.3) is 11.5 Å². The van der Waals surface area contributed by atoms with E-state index in [0.717, 1.165) is 11.1 Å². The van der Waals surface area contributed by atoms with E-state index in [9.17, 15) is 14.7 Å². The third-order valence-corrected chi connectivity index (χ3v) is 6.03. The number of amides is 1. The van der Waals surface area contributed by atoms with Crippen molar-refractivity contribution in [3.05, 3.63) is 104 Å². The number of nitrogens with zero attached hydrogens (tertiary/aromatic N) is 2. The second-order valence-corrected chi connectivity index (χ2v) is 8.20. The smallest absolute Gasteiger partial charge is 0.258 e. The Labute approximate surface area is 194 Å². The zero-order chi connectivity index (χ0) is 22.8. The monoisotopic (exact) mass is 467 g/mol. The van der Waals surface area contributed by atoms with Gasteiger partial charge in [-0.25, -0.2) is 0 Å². The third kappa shape index (κ3) is 4.33. The zero-order valence-corrected chi connectivity index (χ0v) is 18.6. The first-order valence-electron chi connectivity index (χ1n) is 9.80. The summed E-state index contributed by atoms with van der Waals surface area (Å²) in [5.74, 6) is -0.444. The van der Waals surface area contributed by atoms with Crippen LogP contribution in [-0.2, 0) is 20.0 Å². The Morgan fingerprint density at radius 2 is 1.78 bits per heavy atom. The van der Waals surface area contributed by atoms with Crippen molar-refractivity contribution < 1.29 is 9.90 Å². The van der Waals surface area contributed by atoms with Crippen LogP contribution >= 0.6 is 23.2 Å². The standard InChI is InChI=1S/C24H19Cl2N3O3/c1-29-21-5-3-16(23(31)28-13-14-6-8-27-9-7-14)12-17(21)22(30)18(24(29)32)10-15-2-4-19(25)20(26)11-15/h2-9,11-12,30H,10,13H2,1H3,(H,28,31). The fourth-order valence-corrected chi connectivity index (χ4v) is 3.85. The number of nitrogens with one attached hydrogen (secondary N) is 1. The molecule has 0 bridgehead atoms. The quantitative estimate of drug-likeness (QED) is 0.453. The maximum atomic E-state index is 12.9. The average Bonchev–Trinajstić information content (AvgIpc) is 2.81. The molecule has 0 atom stereocenters. The van der Waals surface area contributed by atoms with E-state index < -0.39 is 0 Å². The molecule has 8 heteroatoms. The molecule has 32 heavy (non-hydrogen) atoms. The molecular weight excluding hydrogens is 449 g/mol. The summed E-state index contributed by atoms with van der Waals surface area (Å²) in [6.07, 6.45) is 3.49. The van der Waals surface area contributed by atoms with Gasteiger partial charge in [-0.15, -0.1) is 0 Å². The predicted molar refractivity (Wildman–Crippen MR) is 126 cm³/mol. The molecule has 162 valence electrons. The lowest BCUT2D eigenvalue weighted by Crippen LogP contribution is -2.24. The van der Waals surface area contributed by atoms with Crippen LogP contribution in [0, 0.1) is 0 Å². The van der Waals surface area contributed by atoms with Gasteiger partial charge < -0.3 is 15.0 Å². The zero-order valence-electron chi connectivity index (χ0n) is 17.1. The number of aromatic hydroxyl groups is 1. The number of benzene rings is 2. The largest absolute Gasteiger partial charge is 0.507 e. The minimum atomic E-state index is -0.323. The molecule has 1 amide bonds. The van der Waals surface area contributed by atoms with Crippen LogP contribution in [0.15, 0.2) is 65.7 Å². The molecule has 2 aromatic carbocycles. The van der Waals surface area contributed by atoms with E-state index in [0.29, 0.717) is 33.1 Å². The summed E-state index contributed by atoms with van der Waals surface area (Å²) in [5.41, 5.74) is 2.45. The Bertz CT molecular complexity index is 1390. The van der Waals surface area contributed by atoms with Crippen molar-refractivity contribution in [1.29, 1.82) is 0 Å². The highest BCUT2D eigenvalue weighted by Crippen LogP contribution is 2.30. The van der Waals surface area contributed by atoms with Crippen molar-refractivity contribution in [2.75, 3.05) is 0 Å². The molecule has 0 aliphatic rings. The predicted octanol–water partition coefficient (Wildman–Crippen LogP) is 4.47. The van der Waals surface area contributed by atoms with Gasteiger partial charge in [-0.1, -0.05) is 29.3 Å². The number of pyridine rings is 2. The molecule has 0 fully saturated rings. The highest BCUT2D eigenvalue weighted by atomic mass is 35.5. The molecule has 0 aliphatic carbocycles. The van der Waals surface area contributed by atoms with Gasteiger partial charge in [-0.2, -0.15) is 0 Å². The number of aryl methyl sites for hydroxylation is 1.